The molecule has 3 rings (SSSR count). The second-order valence-corrected chi connectivity index (χ2v) is 5.30. The summed E-state index contributed by atoms with van der Waals surface area (Å²) in [6.07, 6.45) is 1.58. The molecule has 1 amide bonds. The number of para-hydroxylation sites is 1. The summed E-state index contributed by atoms with van der Waals surface area (Å²) in [7, 11) is 0. The van der Waals surface area contributed by atoms with Crippen LogP contribution in [0.1, 0.15) is 16.1 Å². The fraction of sp³-hybridized carbons (Fsp3) is 0.150. The third-order valence-corrected chi connectivity index (χ3v) is 3.46. The zero-order valence-corrected chi connectivity index (χ0v) is 13.7. The van der Waals surface area contributed by atoms with Crippen molar-refractivity contribution in [1.82, 2.24) is 5.32 Å². The molecule has 0 unspecified atom stereocenters. The van der Waals surface area contributed by atoms with Crippen molar-refractivity contribution in [3.63, 3.8) is 0 Å². The molecule has 25 heavy (non-hydrogen) atoms. The van der Waals surface area contributed by atoms with Gasteiger partial charge in [-0.3, -0.25) is 4.79 Å². The van der Waals surface area contributed by atoms with Gasteiger partial charge in [-0.25, -0.2) is 0 Å². The Balaban J connectivity index is 1.46. The van der Waals surface area contributed by atoms with Crippen molar-refractivity contribution in [1.29, 1.82) is 0 Å². The predicted octanol–water partition coefficient (Wildman–Crippen LogP) is 3.67. The first kappa shape index (κ1) is 16.6. The smallest absolute Gasteiger partial charge is 0.251 e. The Bertz CT molecular complexity index is 784. The van der Waals surface area contributed by atoms with Crippen LogP contribution in [-0.2, 0) is 6.54 Å². The van der Waals surface area contributed by atoms with Gasteiger partial charge in [-0.1, -0.05) is 24.3 Å². The van der Waals surface area contributed by atoms with Gasteiger partial charge >= 0.3 is 0 Å². The number of benzene rings is 2. The molecule has 0 aliphatic carbocycles. The number of hydrogen-bond donors (Lipinski definition) is 1. The highest BCUT2D eigenvalue weighted by atomic mass is 16.5. The largest absolute Gasteiger partial charge is 0.490 e. The van der Waals surface area contributed by atoms with E-state index in [-0.39, 0.29) is 5.91 Å². The molecule has 128 valence electrons. The van der Waals surface area contributed by atoms with E-state index in [1.54, 1.807) is 30.5 Å². The highest BCUT2D eigenvalue weighted by Crippen LogP contribution is 2.14. The van der Waals surface area contributed by atoms with Crippen molar-refractivity contribution in [2.24, 2.45) is 0 Å². The summed E-state index contributed by atoms with van der Waals surface area (Å²) in [5.74, 6) is 1.96. The van der Waals surface area contributed by atoms with E-state index >= 15 is 0 Å². The van der Waals surface area contributed by atoms with Gasteiger partial charge in [0.2, 0.25) is 0 Å². The number of hydrogen-bond acceptors (Lipinski definition) is 4. The van der Waals surface area contributed by atoms with Crippen molar-refractivity contribution < 1.29 is 18.7 Å². The normalized spacial score (nSPS) is 10.2. The minimum atomic E-state index is -0.178. The van der Waals surface area contributed by atoms with Gasteiger partial charge in [0.15, 0.2) is 0 Å². The van der Waals surface area contributed by atoms with Crippen LogP contribution in [0.3, 0.4) is 0 Å². The lowest BCUT2D eigenvalue weighted by molar-refractivity contribution is 0.0947. The van der Waals surface area contributed by atoms with Gasteiger partial charge in [-0.05, 0) is 42.5 Å². The third-order valence-electron chi connectivity index (χ3n) is 3.46. The molecular formula is C20H19NO4. The monoisotopic (exact) mass is 337 g/mol. The Hall–Kier alpha value is -3.21. The average Bonchev–Trinajstić information content (AvgIpc) is 3.18. The molecule has 0 bridgehead atoms. The maximum atomic E-state index is 12.2. The number of nitrogens with one attached hydrogen (secondary N) is 1. The van der Waals surface area contributed by atoms with Gasteiger partial charge in [0.25, 0.3) is 5.91 Å². The quantitative estimate of drug-likeness (QED) is 0.637. The Labute approximate surface area is 146 Å². The number of furan rings is 1. The average molecular weight is 337 g/mol. The standard InChI is InChI=1S/C20H19NO4/c22-20(21-15-19-10-5-11-23-19)16-6-4-9-18(14-16)25-13-12-24-17-7-2-1-3-8-17/h1-11,14H,12-13,15H2,(H,21,22). The van der Waals surface area contributed by atoms with Gasteiger partial charge in [-0.2, -0.15) is 0 Å². The van der Waals surface area contributed by atoms with E-state index in [4.69, 9.17) is 13.9 Å². The number of carbonyl (C=O) groups is 1. The molecule has 0 radical (unpaired) electrons. The van der Waals surface area contributed by atoms with Crippen LogP contribution in [0.5, 0.6) is 11.5 Å². The molecule has 0 atom stereocenters. The van der Waals surface area contributed by atoms with E-state index in [0.717, 1.165) is 5.75 Å². The summed E-state index contributed by atoms with van der Waals surface area (Å²) in [4.78, 5) is 12.2. The summed E-state index contributed by atoms with van der Waals surface area (Å²) in [6, 6.07) is 20.2. The summed E-state index contributed by atoms with van der Waals surface area (Å²) in [6.45, 7) is 1.17. The topological polar surface area (TPSA) is 60.7 Å². The lowest BCUT2D eigenvalue weighted by Crippen LogP contribution is -2.22. The Morgan fingerprint density at radius 3 is 2.40 bits per heavy atom. The molecule has 2 aromatic carbocycles. The first-order valence-electron chi connectivity index (χ1n) is 8.02. The van der Waals surface area contributed by atoms with Crippen LogP contribution in [0, 0.1) is 0 Å². The van der Waals surface area contributed by atoms with Gasteiger partial charge in [0.05, 0.1) is 12.8 Å². The second kappa shape index (κ2) is 8.59. The summed E-state index contributed by atoms with van der Waals surface area (Å²) >= 11 is 0. The zero-order valence-electron chi connectivity index (χ0n) is 13.7. The zero-order chi connectivity index (χ0) is 17.3. The number of amides is 1. The van der Waals surface area contributed by atoms with Crippen molar-refractivity contribution in [2.45, 2.75) is 6.54 Å². The van der Waals surface area contributed by atoms with Crippen LogP contribution in [0.4, 0.5) is 0 Å². The van der Waals surface area contributed by atoms with Gasteiger partial charge < -0.3 is 19.2 Å². The van der Waals surface area contributed by atoms with Crippen molar-refractivity contribution in [3.8, 4) is 11.5 Å². The molecular weight excluding hydrogens is 318 g/mol. The van der Waals surface area contributed by atoms with Crippen LogP contribution < -0.4 is 14.8 Å². The molecule has 0 aliphatic rings. The lowest BCUT2D eigenvalue weighted by Gasteiger charge is -2.09. The van der Waals surface area contributed by atoms with Gasteiger partial charge in [0.1, 0.15) is 30.5 Å². The van der Waals surface area contributed by atoms with E-state index in [2.05, 4.69) is 5.32 Å². The maximum absolute atomic E-state index is 12.2. The molecule has 0 saturated heterocycles. The van der Waals surface area contributed by atoms with E-state index in [1.807, 2.05) is 42.5 Å². The lowest BCUT2D eigenvalue weighted by atomic mass is 10.2. The van der Waals surface area contributed by atoms with Crippen molar-refractivity contribution in [2.75, 3.05) is 13.2 Å². The molecule has 1 aromatic heterocycles. The van der Waals surface area contributed by atoms with E-state index < -0.39 is 0 Å². The van der Waals surface area contributed by atoms with E-state index in [9.17, 15) is 4.79 Å². The highest BCUT2D eigenvalue weighted by Gasteiger charge is 2.07. The van der Waals surface area contributed by atoms with Crippen LogP contribution in [0.2, 0.25) is 0 Å². The maximum Gasteiger partial charge on any atom is 0.251 e. The molecule has 0 saturated carbocycles. The third kappa shape index (κ3) is 5.14. The Morgan fingerprint density at radius 2 is 1.64 bits per heavy atom. The van der Waals surface area contributed by atoms with E-state index in [0.29, 0.717) is 36.8 Å². The molecule has 5 nitrogen and oxygen atoms in total. The minimum Gasteiger partial charge on any atom is -0.490 e. The van der Waals surface area contributed by atoms with Crippen LogP contribution in [-0.4, -0.2) is 19.1 Å². The van der Waals surface area contributed by atoms with Crippen molar-refractivity contribution in [3.05, 3.63) is 84.3 Å². The van der Waals surface area contributed by atoms with Crippen LogP contribution in [0.15, 0.2) is 77.4 Å². The van der Waals surface area contributed by atoms with Gasteiger partial charge in [-0.15, -0.1) is 0 Å². The molecule has 0 aliphatic heterocycles. The number of rotatable bonds is 8. The van der Waals surface area contributed by atoms with Crippen LogP contribution >= 0.6 is 0 Å². The first-order valence-corrected chi connectivity index (χ1v) is 8.02. The van der Waals surface area contributed by atoms with Crippen molar-refractivity contribution >= 4 is 5.91 Å². The molecule has 1 heterocycles. The predicted molar refractivity (Wildman–Crippen MR) is 93.8 cm³/mol. The Morgan fingerprint density at radius 1 is 0.880 bits per heavy atom. The molecule has 3 aromatic rings. The fourth-order valence-corrected chi connectivity index (χ4v) is 2.25. The number of carbonyl (C=O) groups excluding carboxylic acids is 1. The SMILES string of the molecule is O=C(NCc1ccco1)c1cccc(OCCOc2ccccc2)c1. The molecule has 5 heteroatoms. The summed E-state index contributed by atoms with van der Waals surface area (Å²) in [5, 5.41) is 2.80. The number of ether oxygens (including phenoxy) is 2. The minimum absolute atomic E-state index is 0.178. The summed E-state index contributed by atoms with van der Waals surface area (Å²) < 4.78 is 16.4. The Kier molecular flexibility index (Phi) is 5.72. The van der Waals surface area contributed by atoms with Crippen LogP contribution in [0.25, 0.3) is 0 Å². The van der Waals surface area contributed by atoms with E-state index in [1.165, 1.54) is 0 Å². The second-order valence-electron chi connectivity index (χ2n) is 5.30. The molecule has 1 N–H and O–H groups in total. The fourth-order valence-electron chi connectivity index (χ4n) is 2.25. The molecule has 0 fully saturated rings. The highest BCUT2D eigenvalue weighted by molar-refractivity contribution is 5.94. The summed E-state index contributed by atoms with van der Waals surface area (Å²) in [5.41, 5.74) is 0.535. The van der Waals surface area contributed by atoms with Gasteiger partial charge in [0, 0.05) is 5.56 Å². The molecule has 0 spiro atoms. The first-order chi connectivity index (χ1) is 12.3.